The zero-order valence-electron chi connectivity index (χ0n) is 11.1. The molecule has 0 aromatic carbocycles. The van der Waals surface area contributed by atoms with Gasteiger partial charge < -0.3 is 18.9 Å². The molecule has 1 unspecified atom stereocenters. The lowest BCUT2D eigenvalue weighted by atomic mass is 10.1. The van der Waals surface area contributed by atoms with Gasteiger partial charge in [0.25, 0.3) is 0 Å². The van der Waals surface area contributed by atoms with Crippen molar-refractivity contribution in [3.05, 3.63) is 0 Å². The molecule has 0 aliphatic rings. The van der Waals surface area contributed by atoms with Crippen LogP contribution in [0.3, 0.4) is 0 Å². The van der Waals surface area contributed by atoms with Gasteiger partial charge in [0.05, 0.1) is 33.5 Å². The third kappa shape index (κ3) is 11.6. The maximum Gasteiger partial charge on any atom is 0.331 e. The summed E-state index contributed by atoms with van der Waals surface area (Å²) >= 11 is 0. The molecule has 0 radical (unpaired) electrons. The van der Waals surface area contributed by atoms with Crippen LogP contribution >= 0.6 is 0 Å². The van der Waals surface area contributed by atoms with Gasteiger partial charge in [-0.3, -0.25) is 0 Å². The molecule has 0 aliphatic heterocycles. The first-order valence-corrected chi connectivity index (χ1v) is 6.00. The Morgan fingerprint density at radius 2 is 1.65 bits per heavy atom. The van der Waals surface area contributed by atoms with E-state index in [2.05, 4.69) is 18.6 Å². The van der Waals surface area contributed by atoms with Crippen molar-refractivity contribution in [2.45, 2.75) is 20.3 Å². The third-order valence-corrected chi connectivity index (χ3v) is 2.29. The molecule has 1 atom stereocenters. The summed E-state index contributed by atoms with van der Waals surface area (Å²) in [6.07, 6.45) is 1.13. The van der Waals surface area contributed by atoms with Gasteiger partial charge in [0.1, 0.15) is 6.61 Å². The molecule has 0 aromatic heterocycles. The number of hydrogen-bond acceptors (Lipinski definition) is 5. The molecule has 0 heterocycles. The van der Waals surface area contributed by atoms with E-state index in [0.29, 0.717) is 32.3 Å². The monoisotopic (exact) mass is 248 g/mol. The highest BCUT2D eigenvalue weighted by Crippen LogP contribution is 1.99. The summed E-state index contributed by atoms with van der Waals surface area (Å²) in [5.74, 6) is 0.222. The number of esters is 1. The van der Waals surface area contributed by atoms with Crippen molar-refractivity contribution in [1.29, 1.82) is 0 Å². The van der Waals surface area contributed by atoms with Crippen LogP contribution in [0.4, 0.5) is 0 Å². The molecule has 0 bridgehead atoms. The fraction of sp³-hybridized carbons (Fsp3) is 0.917. The maximum atomic E-state index is 10.7. The van der Waals surface area contributed by atoms with Gasteiger partial charge in [-0.15, -0.1) is 0 Å². The number of methoxy groups -OCH3 is 1. The van der Waals surface area contributed by atoms with Crippen LogP contribution in [0.25, 0.3) is 0 Å². The Bertz CT molecular complexity index is 184. The minimum absolute atomic E-state index is 0.0234. The van der Waals surface area contributed by atoms with Crippen LogP contribution < -0.4 is 0 Å². The summed E-state index contributed by atoms with van der Waals surface area (Å²) in [6.45, 7) is 7.05. The number of carbonyl (C=O) groups excluding carboxylic acids is 1. The lowest BCUT2D eigenvalue weighted by molar-refractivity contribution is -0.146. The van der Waals surface area contributed by atoms with Crippen LogP contribution in [0.15, 0.2) is 0 Å². The van der Waals surface area contributed by atoms with E-state index in [1.54, 1.807) is 0 Å². The summed E-state index contributed by atoms with van der Waals surface area (Å²) in [5, 5.41) is 0. The molecule has 0 saturated carbocycles. The molecule has 0 N–H and O–H groups in total. The molecule has 5 heteroatoms. The lowest BCUT2D eigenvalue weighted by Crippen LogP contribution is -2.15. The third-order valence-electron chi connectivity index (χ3n) is 2.29. The molecular weight excluding hydrogens is 224 g/mol. The van der Waals surface area contributed by atoms with Gasteiger partial charge in [-0.25, -0.2) is 4.79 Å². The molecule has 17 heavy (non-hydrogen) atoms. The number of hydrogen-bond donors (Lipinski definition) is 0. The molecule has 0 amide bonds. The molecule has 0 aliphatic carbocycles. The van der Waals surface area contributed by atoms with Crippen LogP contribution in [0.5, 0.6) is 0 Å². The molecule has 0 rings (SSSR count). The zero-order chi connectivity index (χ0) is 12.9. The minimum Gasteiger partial charge on any atom is -0.467 e. The standard InChI is InChI=1S/C12H24O5/c1-4-11(2)9-16-7-5-15-6-8-17-10-12(13)14-3/h11H,4-10H2,1-3H3. The van der Waals surface area contributed by atoms with Crippen molar-refractivity contribution in [1.82, 2.24) is 0 Å². The van der Waals surface area contributed by atoms with Gasteiger partial charge >= 0.3 is 5.97 Å². The topological polar surface area (TPSA) is 54.0 Å². The van der Waals surface area contributed by atoms with E-state index in [9.17, 15) is 4.79 Å². The summed E-state index contributed by atoms with van der Waals surface area (Å²) in [6, 6.07) is 0. The van der Waals surface area contributed by atoms with Crippen LogP contribution in [0.1, 0.15) is 20.3 Å². The first-order chi connectivity index (χ1) is 8.20. The van der Waals surface area contributed by atoms with E-state index in [1.807, 2.05) is 0 Å². The van der Waals surface area contributed by atoms with Crippen LogP contribution in [-0.4, -0.2) is 52.7 Å². The zero-order valence-corrected chi connectivity index (χ0v) is 11.1. The summed E-state index contributed by atoms with van der Waals surface area (Å²) in [5.41, 5.74) is 0. The van der Waals surface area contributed by atoms with Gasteiger partial charge in [0, 0.05) is 6.61 Å². The summed E-state index contributed by atoms with van der Waals surface area (Å²) in [4.78, 5) is 10.7. The van der Waals surface area contributed by atoms with E-state index in [4.69, 9.17) is 14.2 Å². The second kappa shape index (κ2) is 11.8. The SMILES string of the molecule is CCC(C)COCCOCCOCC(=O)OC. The van der Waals surface area contributed by atoms with Crippen molar-refractivity contribution >= 4 is 5.97 Å². The van der Waals surface area contributed by atoms with Crippen LogP contribution in [0.2, 0.25) is 0 Å². The van der Waals surface area contributed by atoms with Crippen molar-refractivity contribution in [3.63, 3.8) is 0 Å². The fourth-order valence-electron chi connectivity index (χ4n) is 0.955. The normalized spacial score (nSPS) is 12.4. The van der Waals surface area contributed by atoms with Crippen LogP contribution in [-0.2, 0) is 23.7 Å². The average molecular weight is 248 g/mol. The fourth-order valence-corrected chi connectivity index (χ4v) is 0.955. The molecular formula is C12H24O5. The second-order valence-corrected chi connectivity index (χ2v) is 3.83. The van der Waals surface area contributed by atoms with Gasteiger partial charge in [-0.1, -0.05) is 20.3 Å². The number of carbonyl (C=O) groups is 1. The summed E-state index contributed by atoms with van der Waals surface area (Å²) < 4.78 is 20.1. The Kier molecular flexibility index (Phi) is 11.4. The molecule has 102 valence electrons. The largest absolute Gasteiger partial charge is 0.467 e. The highest BCUT2D eigenvalue weighted by Gasteiger charge is 1.99. The Balaban J connectivity index is 3.06. The van der Waals surface area contributed by atoms with Gasteiger partial charge in [0.2, 0.25) is 0 Å². The number of ether oxygens (including phenoxy) is 4. The molecule has 0 fully saturated rings. The first-order valence-electron chi connectivity index (χ1n) is 6.00. The predicted molar refractivity (Wildman–Crippen MR) is 63.9 cm³/mol. The van der Waals surface area contributed by atoms with E-state index < -0.39 is 0 Å². The quantitative estimate of drug-likeness (QED) is 0.407. The Hall–Kier alpha value is -0.650. The highest BCUT2D eigenvalue weighted by molar-refractivity contribution is 5.70. The van der Waals surface area contributed by atoms with Crippen molar-refractivity contribution < 1.29 is 23.7 Å². The Morgan fingerprint density at radius 1 is 1.06 bits per heavy atom. The number of rotatable bonds is 11. The Labute approximate surface area is 103 Å². The van der Waals surface area contributed by atoms with E-state index in [0.717, 1.165) is 13.0 Å². The first kappa shape index (κ1) is 16.4. The Morgan fingerprint density at radius 3 is 2.24 bits per heavy atom. The smallest absolute Gasteiger partial charge is 0.331 e. The van der Waals surface area contributed by atoms with Crippen molar-refractivity contribution in [2.24, 2.45) is 5.92 Å². The van der Waals surface area contributed by atoms with Gasteiger partial charge in [0.15, 0.2) is 0 Å². The van der Waals surface area contributed by atoms with Gasteiger partial charge in [-0.05, 0) is 5.92 Å². The minimum atomic E-state index is -0.373. The van der Waals surface area contributed by atoms with E-state index in [-0.39, 0.29) is 12.6 Å². The molecule has 5 nitrogen and oxygen atoms in total. The van der Waals surface area contributed by atoms with Crippen molar-refractivity contribution in [3.8, 4) is 0 Å². The summed E-state index contributed by atoms with van der Waals surface area (Å²) in [7, 11) is 1.33. The van der Waals surface area contributed by atoms with Crippen LogP contribution in [0, 0.1) is 5.92 Å². The van der Waals surface area contributed by atoms with E-state index >= 15 is 0 Å². The maximum absolute atomic E-state index is 10.7. The molecule has 0 aromatic rings. The lowest BCUT2D eigenvalue weighted by Gasteiger charge is -2.09. The second-order valence-electron chi connectivity index (χ2n) is 3.83. The molecule has 0 saturated heterocycles. The highest BCUT2D eigenvalue weighted by atomic mass is 16.6. The van der Waals surface area contributed by atoms with Gasteiger partial charge in [-0.2, -0.15) is 0 Å². The van der Waals surface area contributed by atoms with Crippen molar-refractivity contribution in [2.75, 3.05) is 46.8 Å². The predicted octanol–water partition coefficient (Wildman–Crippen LogP) is 1.26. The van der Waals surface area contributed by atoms with E-state index in [1.165, 1.54) is 7.11 Å². The molecule has 0 spiro atoms. The average Bonchev–Trinajstić information content (AvgIpc) is 2.35.